The zero-order chi connectivity index (χ0) is 16.0. The predicted octanol–water partition coefficient (Wildman–Crippen LogP) is 2.61. The number of aromatic amines is 1. The van der Waals surface area contributed by atoms with Gasteiger partial charge in [-0.15, -0.1) is 0 Å². The van der Waals surface area contributed by atoms with Gasteiger partial charge in [0, 0.05) is 18.2 Å². The zero-order valence-electron chi connectivity index (χ0n) is 12.8. The average molecular weight is 336 g/mol. The summed E-state index contributed by atoms with van der Waals surface area (Å²) < 4.78 is 33.1. The number of fused-ring (bicyclic) bond motifs is 1. The van der Waals surface area contributed by atoms with E-state index in [0.717, 1.165) is 38.5 Å². The van der Waals surface area contributed by atoms with Crippen molar-refractivity contribution >= 4 is 21.1 Å². The molecule has 0 saturated heterocycles. The van der Waals surface area contributed by atoms with E-state index in [-0.39, 0.29) is 22.6 Å². The third-order valence-electron chi connectivity index (χ3n) is 4.81. The molecule has 0 atom stereocenters. The summed E-state index contributed by atoms with van der Waals surface area (Å²) in [7, 11) is -3.56. The van der Waals surface area contributed by atoms with Crippen LogP contribution in [0.4, 0.5) is 0 Å². The van der Waals surface area contributed by atoms with Gasteiger partial charge in [0.1, 0.15) is 0 Å². The minimum Gasteiger partial charge on any atom is -0.408 e. The molecule has 2 aromatic rings. The number of nitrogens with zero attached hydrogens (tertiary/aromatic N) is 1. The molecule has 124 valence electrons. The van der Waals surface area contributed by atoms with Crippen LogP contribution in [-0.2, 0) is 10.0 Å². The van der Waals surface area contributed by atoms with Crippen LogP contribution in [0, 0.1) is 0 Å². The Kier molecular flexibility index (Phi) is 3.57. The van der Waals surface area contributed by atoms with Crippen molar-refractivity contribution in [3.8, 4) is 0 Å². The summed E-state index contributed by atoms with van der Waals surface area (Å²) in [5.74, 6) is -0.569. The molecule has 0 bridgehead atoms. The van der Waals surface area contributed by atoms with Crippen LogP contribution in [0.15, 0.2) is 32.3 Å². The first-order valence-electron chi connectivity index (χ1n) is 8.22. The molecule has 0 amide bonds. The average Bonchev–Trinajstić information content (AvgIpc) is 3.27. The normalized spacial score (nSPS) is 20.4. The summed E-state index contributed by atoms with van der Waals surface area (Å²) in [6.45, 7) is 0. The number of oxazole rings is 1. The summed E-state index contributed by atoms with van der Waals surface area (Å²) in [6.07, 6.45) is 7.14. The maximum absolute atomic E-state index is 13.2. The van der Waals surface area contributed by atoms with Crippen LogP contribution >= 0.6 is 0 Å². The minimum absolute atomic E-state index is 0.107. The fourth-order valence-corrected chi connectivity index (χ4v) is 5.51. The van der Waals surface area contributed by atoms with Crippen LogP contribution in [0.25, 0.3) is 11.1 Å². The van der Waals surface area contributed by atoms with Gasteiger partial charge in [-0.25, -0.2) is 13.2 Å². The van der Waals surface area contributed by atoms with Gasteiger partial charge in [0.25, 0.3) is 0 Å². The summed E-state index contributed by atoms with van der Waals surface area (Å²) in [5, 5.41) is 0. The number of benzene rings is 1. The lowest BCUT2D eigenvalue weighted by Gasteiger charge is -2.33. The van der Waals surface area contributed by atoms with Crippen molar-refractivity contribution in [3.63, 3.8) is 0 Å². The van der Waals surface area contributed by atoms with Crippen LogP contribution in [-0.4, -0.2) is 29.8 Å². The molecule has 0 radical (unpaired) electrons. The number of hydrogen-bond acceptors (Lipinski definition) is 4. The van der Waals surface area contributed by atoms with Gasteiger partial charge in [-0.3, -0.25) is 4.98 Å². The molecule has 1 N–H and O–H groups in total. The molecule has 2 saturated carbocycles. The van der Waals surface area contributed by atoms with Crippen molar-refractivity contribution in [2.24, 2.45) is 0 Å². The highest BCUT2D eigenvalue weighted by atomic mass is 32.2. The van der Waals surface area contributed by atoms with E-state index in [1.165, 1.54) is 12.5 Å². The van der Waals surface area contributed by atoms with Gasteiger partial charge in [-0.2, -0.15) is 4.31 Å². The summed E-state index contributed by atoms with van der Waals surface area (Å²) in [4.78, 5) is 14.0. The van der Waals surface area contributed by atoms with Crippen LogP contribution in [0.3, 0.4) is 0 Å². The minimum atomic E-state index is -3.56. The number of nitrogens with one attached hydrogen (secondary N) is 1. The Morgan fingerprint density at radius 2 is 1.74 bits per heavy atom. The molecule has 2 aliphatic rings. The Balaban J connectivity index is 1.74. The molecule has 0 aliphatic heterocycles. The third-order valence-corrected chi connectivity index (χ3v) is 6.81. The number of aromatic nitrogens is 1. The largest absolute Gasteiger partial charge is 0.417 e. The van der Waals surface area contributed by atoms with Crippen molar-refractivity contribution in [1.82, 2.24) is 9.29 Å². The number of hydrogen-bond donors (Lipinski definition) is 1. The maximum atomic E-state index is 13.2. The first-order valence-corrected chi connectivity index (χ1v) is 9.66. The SMILES string of the molecule is O=c1[nH]c2ccc(S(=O)(=O)N(C3CCCCC3)C3CC3)cc2o1. The van der Waals surface area contributed by atoms with E-state index in [9.17, 15) is 13.2 Å². The second-order valence-electron chi connectivity index (χ2n) is 6.53. The molecule has 2 fully saturated rings. The highest BCUT2D eigenvalue weighted by molar-refractivity contribution is 7.89. The van der Waals surface area contributed by atoms with Gasteiger partial charge in [0.15, 0.2) is 5.58 Å². The number of H-pyrrole nitrogens is 1. The first kappa shape index (κ1) is 15.0. The van der Waals surface area contributed by atoms with Gasteiger partial charge >= 0.3 is 5.76 Å². The topological polar surface area (TPSA) is 83.4 Å². The van der Waals surface area contributed by atoms with E-state index in [0.29, 0.717) is 5.52 Å². The van der Waals surface area contributed by atoms with Crippen molar-refractivity contribution in [3.05, 3.63) is 28.7 Å². The van der Waals surface area contributed by atoms with Crippen LogP contribution in [0.5, 0.6) is 0 Å². The standard InChI is InChI=1S/C16H20N2O4S/c19-16-17-14-9-8-13(10-15(14)22-16)23(20,21)18(12-6-7-12)11-4-2-1-3-5-11/h8-12H,1-7H2,(H,17,19). The van der Waals surface area contributed by atoms with E-state index in [4.69, 9.17) is 4.42 Å². The van der Waals surface area contributed by atoms with Gasteiger partial charge < -0.3 is 4.42 Å². The molecule has 6 nitrogen and oxygen atoms in total. The fraction of sp³-hybridized carbons (Fsp3) is 0.562. The Morgan fingerprint density at radius 1 is 1.04 bits per heavy atom. The maximum Gasteiger partial charge on any atom is 0.417 e. The Morgan fingerprint density at radius 3 is 2.43 bits per heavy atom. The van der Waals surface area contributed by atoms with Crippen molar-refractivity contribution in [2.75, 3.05) is 0 Å². The third kappa shape index (κ3) is 2.72. The van der Waals surface area contributed by atoms with E-state index in [1.807, 2.05) is 0 Å². The van der Waals surface area contributed by atoms with Crippen molar-refractivity contribution in [1.29, 1.82) is 0 Å². The number of sulfonamides is 1. The van der Waals surface area contributed by atoms with E-state index in [2.05, 4.69) is 4.98 Å². The lowest BCUT2D eigenvalue weighted by atomic mass is 9.95. The van der Waals surface area contributed by atoms with Gasteiger partial charge in [-0.05, 0) is 37.8 Å². The summed E-state index contributed by atoms with van der Waals surface area (Å²) in [5.41, 5.74) is 0.806. The molecule has 1 aromatic heterocycles. The van der Waals surface area contributed by atoms with E-state index in [1.54, 1.807) is 16.4 Å². The van der Waals surface area contributed by atoms with Crippen molar-refractivity contribution < 1.29 is 12.8 Å². The Hall–Kier alpha value is -1.60. The monoisotopic (exact) mass is 336 g/mol. The molecule has 4 rings (SSSR count). The van der Waals surface area contributed by atoms with Gasteiger partial charge in [-0.1, -0.05) is 19.3 Å². The quantitative estimate of drug-likeness (QED) is 0.930. The molecule has 1 heterocycles. The van der Waals surface area contributed by atoms with E-state index >= 15 is 0 Å². The van der Waals surface area contributed by atoms with Gasteiger partial charge in [0.2, 0.25) is 10.0 Å². The summed E-state index contributed by atoms with van der Waals surface area (Å²) >= 11 is 0. The smallest absolute Gasteiger partial charge is 0.408 e. The Bertz CT molecular complexity index is 873. The molecule has 23 heavy (non-hydrogen) atoms. The molecular weight excluding hydrogens is 316 g/mol. The van der Waals surface area contributed by atoms with Crippen LogP contribution in [0.2, 0.25) is 0 Å². The Labute approximate surface area is 134 Å². The molecule has 1 aromatic carbocycles. The van der Waals surface area contributed by atoms with Crippen molar-refractivity contribution in [2.45, 2.75) is 61.9 Å². The fourth-order valence-electron chi connectivity index (χ4n) is 3.56. The lowest BCUT2D eigenvalue weighted by molar-refractivity contribution is 0.246. The molecule has 0 spiro atoms. The lowest BCUT2D eigenvalue weighted by Crippen LogP contribution is -2.42. The second kappa shape index (κ2) is 5.49. The molecular formula is C16H20N2O4S. The molecule has 7 heteroatoms. The molecule has 0 unspecified atom stereocenters. The van der Waals surface area contributed by atoms with Gasteiger partial charge in [0.05, 0.1) is 10.4 Å². The van der Waals surface area contributed by atoms with Crippen LogP contribution in [0.1, 0.15) is 44.9 Å². The highest BCUT2D eigenvalue weighted by Gasteiger charge is 2.42. The first-order chi connectivity index (χ1) is 11.1. The predicted molar refractivity (Wildman–Crippen MR) is 85.8 cm³/mol. The zero-order valence-corrected chi connectivity index (χ0v) is 13.6. The highest BCUT2D eigenvalue weighted by Crippen LogP contribution is 2.38. The van der Waals surface area contributed by atoms with E-state index < -0.39 is 15.8 Å². The van der Waals surface area contributed by atoms with Crippen LogP contribution < -0.4 is 5.76 Å². The second-order valence-corrected chi connectivity index (χ2v) is 8.37. The molecule has 2 aliphatic carbocycles. The number of rotatable bonds is 4. The summed E-state index contributed by atoms with van der Waals surface area (Å²) in [6, 6.07) is 4.86.